The lowest BCUT2D eigenvalue weighted by atomic mass is 10.1. The van der Waals surface area contributed by atoms with Crippen LogP contribution in [0.15, 0.2) is 6.07 Å². The Morgan fingerprint density at radius 1 is 1.59 bits per heavy atom. The highest BCUT2D eigenvalue weighted by Gasteiger charge is 2.36. The van der Waals surface area contributed by atoms with Gasteiger partial charge in [0, 0.05) is 24.9 Å². The predicted molar refractivity (Wildman–Crippen MR) is 52.9 cm³/mol. The maximum absolute atomic E-state index is 12.3. The highest BCUT2D eigenvalue weighted by atomic mass is 19.4. The lowest BCUT2D eigenvalue weighted by Gasteiger charge is -2.11. The number of anilines is 1. The number of hydrogen-bond donors (Lipinski definition) is 1. The number of rotatable bonds is 1. The molecule has 7 heteroatoms. The van der Waals surface area contributed by atoms with Crippen LogP contribution in [0, 0.1) is 18.3 Å². The maximum Gasteiger partial charge on any atom is 0.432 e. The Bertz CT molecular complexity index is 486. The molecular weight excluding hydrogens is 235 g/mol. The zero-order chi connectivity index (χ0) is 12.6. The van der Waals surface area contributed by atoms with Gasteiger partial charge in [0.1, 0.15) is 5.69 Å². The van der Waals surface area contributed by atoms with Gasteiger partial charge in [-0.15, -0.1) is 12.3 Å². The zero-order valence-electron chi connectivity index (χ0n) is 8.58. The summed E-state index contributed by atoms with van der Waals surface area (Å²) in [5.41, 5.74) is -0.982. The van der Waals surface area contributed by atoms with Crippen molar-refractivity contribution in [2.75, 3.05) is 11.4 Å². The highest BCUT2D eigenvalue weighted by molar-refractivity contribution is 5.95. The fourth-order valence-electron chi connectivity index (χ4n) is 1.64. The zero-order valence-corrected chi connectivity index (χ0v) is 8.58. The summed E-state index contributed by atoms with van der Waals surface area (Å²) in [6, 6.07) is 0.802. The number of aromatic nitrogens is 2. The third kappa shape index (κ3) is 2.11. The molecule has 4 nitrogen and oxygen atoms in total. The van der Waals surface area contributed by atoms with Crippen molar-refractivity contribution < 1.29 is 18.0 Å². The van der Waals surface area contributed by atoms with Gasteiger partial charge in [-0.2, -0.15) is 18.3 Å². The average molecular weight is 243 g/mol. The van der Waals surface area contributed by atoms with Crippen LogP contribution in [0.1, 0.15) is 12.1 Å². The number of carbonyl (C=O) groups excluding carboxylic acids is 1. The first kappa shape index (κ1) is 11.5. The molecule has 1 fully saturated rings. The van der Waals surface area contributed by atoms with E-state index in [1.807, 2.05) is 5.10 Å². The quantitative estimate of drug-likeness (QED) is 0.758. The van der Waals surface area contributed by atoms with Crippen molar-refractivity contribution in [3.8, 4) is 12.3 Å². The third-order valence-corrected chi connectivity index (χ3v) is 2.51. The first-order chi connectivity index (χ1) is 7.91. The van der Waals surface area contributed by atoms with Crippen LogP contribution in [-0.2, 0) is 11.0 Å². The number of H-pyrrole nitrogens is 1. The van der Waals surface area contributed by atoms with Crippen LogP contribution >= 0.6 is 0 Å². The minimum atomic E-state index is -4.50. The molecule has 1 saturated heterocycles. The molecule has 0 spiro atoms. The van der Waals surface area contributed by atoms with Gasteiger partial charge in [0.15, 0.2) is 5.82 Å². The summed E-state index contributed by atoms with van der Waals surface area (Å²) in [5, 5.41) is 5.33. The second kappa shape index (κ2) is 3.80. The molecule has 1 N–H and O–H groups in total. The van der Waals surface area contributed by atoms with E-state index in [1.54, 1.807) is 0 Å². The van der Waals surface area contributed by atoms with Crippen molar-refractivity contribution in [1.29, 1.82) is 0 Å². The Balaban J connectivity index is 2.22. The largest absolute Gasteiger partial charge is 0.432 e. The van der Waals surface area contributed by atoms with Crippen molar-refractivity contribution in [2.45, 2.75) is 12.6 Å². The smallest absolute Gasteiger partial charge is 0.294 e. The summed E-state index contributed by atoms with van der Waals surface area (Å²) in [6.07, 6.45) is 0.817. The number of alkyl halides is 3. The summed E-state index contributed by atoms with van der Waals surface area (Å²) < 4.78 is 37.0. The molecule has 1 aliphatic heterocycles. The maximum atomic E-state index is 12.3. The van der Waals surface area contributed by atoms with E-state index in [1.165, 1.54) is 0 Å². The fraction of sp³-hybridized carbons (Fsp3) is 0.400. The van der Waals surface area contributed by atoms with Gasteiger partial charge in [0.2, 0.25) is 5.91 Å². The van der Waals surface area contributed by atoms with Crippen LogP contribution in [0.5, 0.6) is 0 Å². The molecule has 0 aliphatic carbocycles. The molecule has 2 heterocycles. The van der Waals surface area contributed by atoms with Crippen molar-refractivity contribution >= 4 is 11.7 Å². The first-order valence-corrected chi connectivity index (χ1v) is 4.81. The highest BCUT2D eigenvalue weighted by Crippen LogP contribution is 2.31. The van der Waals surface area contributed by atoms with E-state index >= 15 is 0 Å². The topological polar surface area (TPSA) is 49.0 Å². The summed E-state index contributed by atoms with van der Waals surface area (Å²) in [7, 11) is 0. The first-order valence-electron chi connectivity index (χ1n) is 4.81. The third-order valence-electron chi connectivity index (χ3n) is 2.51. The van der Waals surface area contributed by atoms with Crippen LogP contribution in [0.4, 0.5) is 19.0 Å². The molecule has 90 valence electrons. The molecular formula is C10H8F3N3O. The Morgan fingerprint density at radius 3 is 2.76 bits per heavy atom. The molecule has 0 saturated carbocycles. The minimum Gasteiger partial charge on any atom is -0.294 e. The monoisotopic (exact) mass is 243 g/mol. The standard InChI is InChI=1S/C10H8F3N3O/c1-2-6-3-9(17)16(5-6)8-4-7(14-15-8)10(11,12)13/h1,4,6H,3,5H2,(H,14,15). The Labute approximate surface area is 94.8 Å². The number of aromatic amines is 1. The number of hydrogen-bond acceptors (Lipinski definition) is 2. The summed E-state index contributed by atoms with van der Waals surface area (Å²) >= 11 is 0. The van der Waals surface area contributed by atoms with Gasteiger partial charge >= 0.3 is 6.18 Å². The van der Waals surface area contributed by atoms with E-state index in [9.17, 15) is 18.0 Å². The van der Waals surface area contributed by atoms with Crippen LogP contribution in [0.25, 0.3) is 0 Å². The Morgan fingerprint density at radius 2 is 2.29 bits per heavy atom. The summed E-state index contributed by atoms with van der Waals surface area (Å²) in [4.78, 5) is 12.7. The average Bonchev–Trinajstić information content (AvgIpc) is 2.82. The normalized spacial score (nSPS) is 20.7. The summed E-state index contributed by atoms with van der Waals surface area (Å²) in [5.74, 6) is 1.79. The molecule has 1 aromatic heterocycles. The molecule has 1 amide bonds. The second-order valence-corrected chi connectivity index (χ2v) is 3.71. The lowest BCUT2D eigenvalue weighted by Crippen LogP contribution is -2.24. The molecule has 0 bridgehead atoms. The minimum absolute atomic E-state index is 0.0416. The van der Waals surface area contributed by atoms with E-state index in [0.29, 0.717) is 0 Å². The Kier molecular flexibility index (Phi) is 2.58. The molecule has 1 atom stereocenters. The van der Waals surface area contributed by atoms with Gasteiger partial charge in [-0.05, 0) is 0 Å². The number of carbonyl (C=O) groups is 1. The van der Waals surface area contributed by atoms with Crippen LogP contribution < -0.4 is 4.90 Å². The van der Waals surface area contributed by atoms with Gasteiger partial charge in [0.05, 0.1) is 0 Å². The Hall–Kier alpha value is -1.97. The molecule has 1 unspecified atom stereocenters. The number of terminal acetylenes is 1. The van der Waals surface area contributed by atoms with Crippen molar-refractivity contribution in [3.63, 3.8) is 0 Å². The molecule has 1 aliphatic rings. The van der Waals surface area contributed by atoms with E-state index in [0.717, 1.165) is 11.0 Å². The van der Waals surface area contributed by atoms with Crippen LogP contribution in [0.2, 0.25) is 0 Å². The van der Waals surface area contributed by atoms with Crippen molar-refractivity contribution in [3.05, 3.63) is 11.8 Å². The van der Waals surface area contributed by atoms with E-state index in [4.69, 9.17) is 6.42 Å². The van der Waals surface area contributed by atoms with Gasteiger partial charge in [-0.3, -0.25) is 14.8 Å². The molecule has 0 radical (unpaired) electrons. The fourth-order valence-corrected chi connectivity index (χ4v) is 1.64. The van der Waals surface area contributed by atoms with Gasteiger partial charge in [0.25, 0.3) is 0 Å². The van der Waals surface area contributed by atoms with Crippen molar-refractivity contribution in [1.82, 2.24) is 10.2 Å². The van der Waals surface area contributed by atoms with E-state index in [-0.39, 0.29) is 30.6 Å². The van der Waals surface area contributed by atoms with Gasteiger partial charge in [-0.25, -0.2) is 0 Å². The predicted octanol–water partition coefficient (Wildman–Crippen LogP) is 1.41. The number of nitrogens with zero attached hydrogens (tertiary/aromatic N) is 2. The van der Waals surface area contributed by atoms with Crippen LogP contribution in [-0.4, -0.2) is 22.6 Å². The number of nitrogens with one attached hydrogen (secondary N) is 1. The summed E-state index contributed by atoms with van der Waals surface area (Å²) in [6.45, 7) is 0.206. The van der Waals surface area contributed by atoms with Crippen molar-refractivity contribution in [2.24, 2.45) is 5.92 Å². The lowest BCUT2D eigenvalue weighted by molar-refractivity contribution is -0.141. The number of halogens is 3. The molecule has 0 aromatic carbocycles. The van der Waals surface area contributed by atoms with Gasteiger partial charge < -0.3 is 0 Å². The van der Waals surface area contributed by atoms with Crippen LogP contribution in [0.3, 0.4) is 0 Å². The molecule has 2 rings (SSSR count). The number of amides is 1. The molecule has 1 aromatic rings. The van der Waals surface area contributed by atoms with Gasteiger partial charge in [-0.1, -0.05) is 0 Å². The van der Waals surface area contributed by atoms with E-state index < -0.39 is 11.9 Å². The second-order valence-electron chi connectivity index (χ2n) is 3.71. The van der Waals surface area contributed by atoms with E-state index in [2.05, 4.69) is 11.0 Å². The molecule has 17 heavy (non-hydrogen) atoms. The SMILES string of the molecule is C#CC1CC(=O)N(c2cc(C(F)(F)F)[nH]n2)C1.